The van der Waals surface area contributed by atoms with Crippen molar-refractivity contribution in [1.82, 2.24) is 20.0 Å². The fourth-order valence-electron chi connectivity index (χ4n) is 6.12. The third-order valence-electron chi connectivity index (χ3n) is 8.07. The first-order valence-corrected chi connectivity index (χ1v) is 14.1. The number of morpholine rings is 1. The Bertz CT molecular complexity index is 1090. The molecular formula is C27H37ClN4O8. The number of likely N-dealkylation sites (tertiary alicyclic amines) is 1. The maximum atomic E-state index is 13.9. The van der Waals surface area contributed by atoms with Gasteiger partial charge in [0.1, 0.15) is 24.9 Å². The minimum absolute atomic E-state index is 0.0228. The average molecular weight is 581 g/mol. The molecule has 0 radical (unpaired) electrons. The van der Waals surface area contributed by atoms with Gasteiger partial charge in [-0.3, -0.25) is 19.3 Å². The van der Waals surface area contributed by atoms with Gasteiger partial charge in [-0.15, -0.1) is 0 Å². The van der Waals surface area contributed by atoms with Crippen LogP contribution in [0, 0.1) is 0 Å². The van der Waals surface area contributed by atoms with Crippen LogP contribution in [0.5, 0.6) is 0 Å². The van der Waals surface area contributed by atoms with E-state index >= 15 is 0 Å². The van der Waals surface area contributed by atoms with Crippen molar-refractivity contribution in [2.75, 3.05) is 53.0 Å². The van der Waals surface area contributed by atoms with Gasteiger partial charge in [-0.2, -0.15) is 0 Å². The van der Waals surface area contributed by atoms with Crippen molar-refractivity contribution in [1.29, 1.82) is 0 Å². The number of aliphatic hydroxyl groups excluding tert-OH is 2. The molecule has 4 saturated heterocycles. The maximum Gasteiger partial charge on any atom is 0.248 e. The molecule has 4 aliphatic rings. The van der Waals surface area contributed by atoms with Gasteiger partial charge in [0.2, 0.25) is 17.7 Å². The highest BCUT2D eigenvalue weighted by molar-refractivity contribution is 6.30. The molecule has 6 bridgehead atoms. The molecular weight excluding hydrogens is 544 g/mol. The number of amides is 3. The summed E-state index contributed by atoms with van der Waals surface area (Å²) >= 11 is 6.20. The lowest BCUT2D eigenvalue weighted by Crippen LogP contribution is -2.55. The molecule has 0 aliphatic carbocycles. The summed E-state index contributed by atoms with van der Waals surface area (Å²) in [7, 11) is 1.41. The number of rotatable bonds is 4. The number of hydrogen-bond donors (Lipinski definition) is 3. The molecule has 40 heavy (non-hydrogen) atoms. The number of hydrogen-bond acceptors (Lipinski definition) is 9. The first kappa shape index (κ1) is 29.2. The van der Waals surface area contributed by atoms with Crippen molar-refractivity contribution < 1.29 is 38.8 Å². The smallest absolute Gasteiger partial charge is 0.248 e. The second kappa shape index (κ2) is 12.7. The second-order valence-electron chi connectivity index (χ2n) is 11.0. The van der Waals surface area contributed by atoms with Crippen LogP contribution in [0.15, 0.2) is 24.3 Å². The van der Waals surface area contributed by atoms with Gasteiger partial charge in [0, 0.05) is 57.4 Å². The summed E-state index contributed by atoms with van der Waals surface area (Å²) in [6.07, 6.45) is -4.59. The molecule has 3 N–H and O–H groups in total. The van der Waals surface area contributed by atoms with Crippen LogP contribution in [-0.4, -0.2) is 138 Å². The van der Waals surface area contributed by atoms with Crippen molar-refractivity contribution in [3.63, 3.8) is 0 Å². The molecule has 12 nitrogen and oxygen atoms in total. The minimum Gasteiger partial charge on any atom is -0.388 e. The van der Waals surface area contributed by atoms with E-state index in [9.17, 15) is 24.6 Å². The van der Waals surface area contributed by atoms with Crippen LogP contribution in [0.3, 0.4) is 0 Å². The number of nitrogens with zero attached hydrogens (tertiary/aromatic N) is 3. The molecule has 5 rings (SSSR count). The lowest BCUT2D eigenvalue weighted by atomic mass is 10.0. The summed E-state index contributed by atoms with van der Waals surface area (Å²) < 4.78 is 16.9. The SMILES string of the molecule is COCC(=O)N1C[C@@H]2CN(CCO2)C(=O)[C@@H]2C[C@@H](CN2Cc2cccc(Cl)c2)NC(=O)C[C@@H]2O[C@H](C1)[C@@H](O)[C@H]2O. The lowest BCUT2D eigenvalue weighted by Gasteiger charge is -2.38. The van der Waals surface area contributed by atoms with Crippen LogP contribution in [0.2, 0.25) is 5.02 Å². The molecule has 0 unspecified atom stereocenters. The van der Waals surface area contributed by atoms with Gasteiger partial charge < -0.3 is 39.5 Å². The molecule has 1 aromatic rings. The van der Waals surface area contributed by atoms with Gasteiger partial charge in [0.25, 0.3) is 0 Å². The third kappa shape index (κ3) is 6.59. The number of ether oxygens (including phenoxy) is 3. The standard InChI is InChI=1S/C27H37ClN4O8/c1-38-15-24(34)32-13-19-12-30(5-6-39-19)27(37)20-8-18(11-31(20)10-16-3-2-4-17(28)7-16)29-23(33)9-21-25(35)26(36)22(14-32)40-21/h2-4,7,18-22,25-26,35-36H,5-6,8-15H2,1H3,(H,29,33)/t18-,19-,20-,21-,22+,25-,26+/m0/s1. The van der Waals surface area contributed by atoms with Gasteiger partial charge in [-0.1, -0.05) is 23.7 Å². The van der Waals surface area contributed by atoms with Crippen LogP contribution in [0.1, 0.15) is 18.4 Å². The van der Waals surface area contributed by atoms with E-state index in [0.29, 0.717) is 37.7 Å². The zero-order valence-electron chi connectivity index (χ0n) is 22.5. The molecule has 4 heterocycles. The molecule has 0 saturated carbocycles. The Balaban J connectivity index is 1.41. The average Bonchev–Trinajstić information content (AvgIpc) is 3.42. The highest BCUT2D eigenvalue weighted by atomic mass is 35.5. The summed E-state index contributed by atoms with van der Waals surface area (Å²) in [5, 5.41) is 24.9. The summed E-state index contributed by atoms with van der Waals surface area (Å²) in [5.74, 6) is -0.736. The molecule has 13 heteroatoms. The normalized spacial score (nSPS) is 33.8. The van der Waals surface area contributed by atoms with Crippen LogP contribution in [-0.2, 0) is 35.1 Å². The van der Waals surface area contributed by atoms with Gasteiger partial charge in [-0.05, 0) is 24.1 Å². The molecule has 0 aromatic heterocycles. The molecule has 0 spiro atoms. The Labute approximate surface area is 238 Å². The fourth-order valence-corrected chi connectivity index (χ4v) is 6.33. The van der Waals surface area contributed by atoms with E-state index in [0.717, 1.165) is 5.56 Å². The number of aliphatic hydroxyl groups is 2. The van der Waals surface area contributed by atoms with Crippen molar-refractivity contribution in [2.24, 2.45) is 0 Å². The van der Waals surface area contributed by atoms with Gasteiger partial charge in [0.05, 0.1) is 31.3 Å². The Kier molecular flexibility index (Phi) is 9.25. The van der Waals surface area contributed by atoms with Crippen LogP contribution < -0.4 is 5.32 Å². The van der Waals surface area contributed by atoms with Crippen molar-refractivity contribution in [3.05, 3.63) is 34.9 Å². The number of halogens is 1. The van der Waals surface area contributed by atoms with E-state index in [1.807, 2.05) is 18.2 Å². The van der Waals surface area contributed by atoms with Crippen molar-refractivity contribution in [2.45, 2.75) is 62.0 Å². The van der Waals surface area contributed by atoms with E-state index in [2.05, 4.69) is 10.2 Å². The molecule has 4 aliphatic heterocycles. The minimum atomic E-state index is -1.29. The zero-order valence-corrected chi connectivity index (χ0v) is 23.2. The van der Waals surface area contributed by atoms with E-state index in [1.165, 1.54) is 12.0 Å². The van der Waals surface area contributed by atoms with E-state index in [-0.39, 0.29) is 56.4 Å². The summed E-state index contributed by atoms with van der Waals surface area (Å²) in [6.45, 7) is 1.90. The van der Waals surface area contributed by atoms with Gasteiger partial charge in [0.15, 0.2) is 0 Å². The first-order chi connectivity index (χ1) is 19.2. The molecule has 1 aromatic carbocycles. The Morgan fingerprint density at radius 1 is 1.15 bits per heavy atom. The van der Waals surface area contributed by atoms with Crippen molar-refractivity contribution in [3.8, 4) is 0 Å². The Morgan fingerprint density at radius 2 is 1.95 bits per heavy atom. The number of benzene rings is 1. The fraction of sp³-hybridized carbons (Fsp3) is 0.667. The van der Waals surface area contributed by atoms with Crippen LogP contribution in [0.25, 0.3) is 0 Å². The number of carbonyl (C=O) groups is 3. The van der Waals surface area contributed by atoms with Gasteiger partial charge in [-0.25, -0.2) is 0 Å². The highest BCUT2D eigenvalue weighted by Gasteiger charge is 2.46. The topological polar surface area (TPSA) is 141 Å². The molecule has 220 valence electrons. The largest absolute Gasteiger partial charge is 0.388 e. The van der Waals surface area contributed by atoms with Crippen LogP contribution >= 0.6 is 11.6 Å². The third-order valence-corrected chi connectivity index (χ3v) is 8.31. The Morgan fingerprint density at radius 3 is 2.73 bits per heavy atom. The number of carbonyl (C=O) groups excluding carboxylic acids is 3. The second-order valence-corrected chi connectivity index (χ2v) is 11.4. The quantitative estimate of drug-likeness (QED) is 0.409. The van der Waals surface area contributed by atoms with Gasteiger partial charge >= 0.3 is 0 Å². The van der Waals surface area contributed by atoms with E-state index in [1.54, 1.807) is 11.0 Å². The molecule has 4 fully saturated rings. The molecule has 7 atom stereocenters. The maximum absolute atomic E-state index is 13.9. The van der Waals surface area contributed by atoms with E-state index in [4.69, 9.17) is 25.8 Å². The first-order valence-electron chi connectivity index (χ1n) is 13.7. The zero-order chi connectivity index (χ0) is 28.4. The highest BCUT2D eigenvalue weighted by Crippen LogP contribution is 2.28. The van der Waals surface area contributed by atoms with Crippen LogP contribution in [0.4, 0.5) is 0 Å². The predicted molar refractivity (Wildman–Crippen MR) is 142 cm³/mol. The monoisotopic (exact) mass is 580 g/mol. The lowest BCUT2D eigenvalue weighted by molar-refractivity contribution is -0.148. The summed E-state index contributed by atoms with van der Waals surface area (Å²) in [4.78, 5) is 45.1. The predicted octanol–water partition coefficient (Wildman–Crippen LogP) is -1.01. The Hall–Kier alpha value is -2.32. The number of nitrogens with one attached hydrogen (secondary N) is 1. The number of methoxy groups -OCH3 is 1. The van der Waals surface area contributed by atoms with Crippen molar-refractivity contribution >= 4 is 29.3 Å². The summed E-state index contributed by atoms with van der Waals surface area (Å²) in [5.41, 5.74) is 0.956. The summed E-state index contributed by atoms with van der Waals surface area (Å²) in [6, 6.07) is 6.72. The molecule has 3 amide bonds. The number of fused-ring (bicyclic) bond motifs is 6. The van der Waals surface area contributed by atoms with E-state index < -0.39 is 36.6 Å².